The second kappa shape index (κ2) is 14.9. The van der Waals surface area contributed by atoms with Crippen molar-refractivity contribution in [2.45, 2.75) is 130 Å². The number of aliphatic hydroxyl groups is 1. The van der Waals surface area contributed by atoms with Gasteiger partial charge < -0.3 is 26.2 Å². The Morgan fingerprint density at radius 3 is 2.32 bits per heavy atom. The molecule has 9 unspecified atom stereocenters. The van der Waals surface area contributed by atoms with Gasteiger partial charge in [0.15, 0.2) is 0 Å². The Bertz CT molecular complexity index is 824. The highest BCUT2D eigenvalue weighted by Crippen LogP contribution is 2.68. The van der Waals surface area contributed by atoms with Crippen molar-refractivity contribution in [1.82, 2.24) is 16.0 Å². The van der Waals surface area contributed by atoms with Gasteiger partial charge in [-0.1, -0.05) is 40.5 Å². The summed E-state index contributed by atoms with van der Waals surface area (Å²) in [5, 5.41) is 31.7. The minimum atomic E-state index is -0.661. The zero-order chi connectivity index (χ0) is 29.6. The molecule has 0 saturated heterocycles. The molecule has 5 N–H and O–H groups in total. The molecule has 11 atom stereocenters. The van der Waals surface area contributed by atoms with E-state index in [0.29, 0.717) is 52.4 Å². The Balaban J connectivity index is 1.27. The number of hydrogen-bond acceptors (Lipinski definition) is 5. The molecule has 6 heteroatoms. The number of carbonyl (C=O) groups is 1. The van der Waals surface area contributed by atoms with Crippen LogP contribution in [0.1, 0.15) is 118 Å². The molecule has 0 aromatic heterocycles. The summed E-state index contributed by atoms with van der Waals surface area (Å²) in [6.45, 7) is 13.9. The lowest BCUT2D eigenvalue weighted by atomic mass is 9.43. The van der Waals surface area contributed by atoms with Gasteiger partial charge in [-0.05, 0) is 157 Å². The van der Waals surface area contributed by atoms with Crippen LogP contribution < -0.4 is 16.0 Å². The number of hydrogen-bond donors (Lipinski definition) is 5. The molecular weight excluding hydrogens is 510 g/mol. The van der Waals surface area contributed by atoms with E-state index in [-0.39, 0.29) is 12.0 Å². The SMILES string of the molecule is CNCCCCNCCCNC1CCC2(C)C3CCC4(C)C(CCC4[C@H](C)CCCC(C)C(=O)O)C3C(O)C[C@H]2C1. The Morgan fingerprint density at radius 1 is 0.854 bits per heavy atom. The van der Waals surface area contributed by atoms with E-state index in [1.165, 1.54) is 64.2 Å². The van der Waals surface area contributed by atoms with Crippen molar-refractivity contribution in [2.75, 3.05) is 33.2 Å². The van der Waals surface area contributed by atoms with Crippen LogP contribution in [0.15, 0.2) is 0 Å². The summed E-state index contributed by atoms with van der Waals surface area (Å²) in [5.74, 6) is 2.91. The Labute approximate surface area is 252 Å². The monoisotopic (exact) mass is 576 g/mol. The van der Waals surface area contributed by atoms with Crippen molar-refractivity contribution in [1.29, 1.82) is 0 Å². The van der Waals surface area contributed by atoms with Crippen LogP contribution in [-0.2, 0) is 4.79 Å². The Hall–Kier alpha value is -0.690. The molecule has 0 bridgehead atoms. The quantitative estimate of drug-likeness (QED) is 0.143. The normalized spacial score (nSPS) is 39.9. The van der Waals surface area contributed by atoms with E-state index in [9.17, 15) is 15.0 Å². The van der Waals surface area contributed by atoms with Gasteiger partial charge in [-0.25, -0.2) is 0 Å². The molecule has 0 spiro atoms. The number of aliphatic hydroxyl groups excluding tert-OH is 1. The number of carboxylic acid groups (broad SMARTS) is 1. The van der Waals surface area contributed by atoms with Crippen LogP contribution >= 0.6 is 0 Å². The number of fused-ring (bicyclic) bond motifs is 5. The van der Waals surface area contributed by atoms with Crippen LogP contribution in [0.4, 0.5) is 0 Å². The van der Waals surface area contributed by atoms with Crippen LogP contribution in [-0.4, -0.2) is 61.6 Å². The molecule has 0 aromatic carbocycles. The third-order valence-corrected chi connectivity index (χ3v) is 13.2. The average molecular weight is 576 g/mol. The molecule has 0 aromatic rings. The second-order valence-corrected chi connectivity index (χ2v) is 15.5. The van der Waals surface area contributed by atoms with Gasteiger partial charge in [0, 0.05) is 6.04 Å². The number of carboxylic acids is 1. The van der Waals surface area contributed by atoms with Crippen molar-refractivity contribution in [3.05, 3.63) is 0 Å². The van der Waals surface area contributed by atoms with Gasteiger partial charge in [-0.15, -0.1) is 0 Å². The Morgan fingerprint density at radius 2 is 1.56 bits per heavy atom. The van der Waals surface area contributed by atoms with E-state index >= 15 is 0 Å². The highest BCUT2D eigenvalue weighted by Gasteiger charge is 2.62. The van der Waals surface area contributed by atoms with Crippen molar-refractivity contribution in [3.8, 4) is 0 Å². The lowest BCUT2D eigenvalue weighted by Gasteiger charge is -2.62. The first kappa shape index (κ1) is 33.2. The fourth-order valence-electron chi connectivity index (χ4n) is 10.7. The molecule has 0 radical (unpaired) electrons. The number of aliphatic carboxylic acids is 1. The standard InChI is InChI=1S/C35H65N3O3/c1-24(10-8-11-25(2)33(40)41)28-12-13-29-32-30(15-17-35(28,29)4)34(3)16-14-27(22-26(34)23-31(32)39)38-21-9-20-37-19-7-6-18-36-5/h24-32,36-39H,6-23H2,1-5H3,(H,40,41)/t24-,25?,26-,27?,28?,29?,30?,31?,32?,34?,35?/m1/s1. The molecule has 0 amide bonds. The summed E-state index contributed by atoms with van der Waals surface area (Å²) in [7, 11) is 2.02. The van der Waals surface area contributed by atoms with Crippen molar-refractivity contribution in [3.63, 3.8) is 0 Å². The molecule has 6 nitrogen and oxygen atoms in total. The van der Waals surface area contributed by atoms with Crippen LogP contribution in [0.5, 0.6) is 0 Å². The maximum absolute atomic E-state index is 11.7. The topological polar surface area (TPSA) is 93.6 Å². The van der Waals surface area contributed by atoms with Gasteiger partial charge in [0.05, 0.1) is 12.0 Å². The van der Waals surface area contributed by atoms with Gasteiger partial charge in [0.25, 0.3) is 0 Å². The summed E-state index contributed by atoms with van der Waals surface area (Å²) >= 11 is 0. The molecule has 0 heterocycles. The average Bonchev–Trinajstić information content (AvgIpc) is 3.29. The summed E-state index contributed by atoms with van der Waals surface area (Å²) < 4.78 is 0. The van der Waals surface area contributed by atoms with Crippen LogP contribution in [0, 0.1) is 52.3 Å². The maximum Gasteiger partial charge on any atom is 0.306 e. The summed E-state index contributed by atoms with van der Waals surface area (Å²) in [5.41, 5.74) is 0.720. The molecule has 4 aliphatic carbocycles. The first-order chi connectivity index (χ1) is 19.6. The van der Waals surface area contributed by atoms with Gasteiger partial charge in [0.1, 0.15) is 0 Å². The molecule has 4 fully saturated rings. The minimum absolute atomic E-state index is 0.140. The van der Waals surface area contributed by atoms with Crippen LogP contribution in [0.2, 0.25) is 0 Å². The smallest absolute Gasteiger partial charge is 0.306 e. The fraction of sp³-hybridized carbons (Fsp3) is 0.971. The molecule has 4 rings (SSSR count). The predicted octanol–water partition coefficient (Wildman–Crippen LogP) is 6.08. The molecule has 238 valence electrons. The lowest BCUT2D eigenvalue weighted by Crippen LogP contribution is -2.59. The van der Waals surface area contributed by atoms with Gasteiger partial charge in [-0.3, -0.25) is 4.79 Å². The van der Waals surface area contributed by atoms with Crippen molar-refractivity contribution in [2.24, 2.45) is 52.3 Å². The van der Waals surface area contributed by atoms with E-state index in [1.54, 1.807) is 0 Å². The van der Waals surface area contributed by atoms with Gasteiger partial charge >= 0.3 is 5.97 Å². The number of rotatable bonds is 16. The first-order valence-electron chi connectivity index (χ1n) is 17.6. The van der Waals surface area contributed by atoms with E-state index in [4.69, 9.17) is 0 Å². The Kier molecular flexibility index (Phi) is 12.0. The van der Waals surface area contributed by atoms with E-state index in [1.807, 2.05) is 14.0 Å². The molecular formula is C35H65N3O3. The lowest BCUT2D eigenvalue weighted by molar-refractivity contribution is -0.167. The largest absolute Gasteiger partial charge is 0.481 e. The minimum Gasteiger partial charge on any atom is -0.481 e. The summed E-state index contributed by atoms with van der Waals surface area (Å²) in [6.07, 6.45) is 16.5. The third-order valence-electron chi connectivity index (χ3n) is 13.2. The number of unbranched alkanes of at least 4 members (excludes halogenated alkanes) is 1. The van der Waals surface area contributed by atoms with Crippen molar-refractivity contribution >= 4 is 5.97 Å². The van der Waals surface area contributed by atoms with Gasteiger partial charge in [0.2, 0.25) is 0 Å². The van der Waals surface area contributed by atoms with Crippen LogP contribution in [0.25, 0.3) is 0 Å². The highest BCUT2D eigenvalue weighted by atomic mass is 16.4. The molecule has 4 saturated carbocycles. The van der Waals surface area contributed by atoms with Crippen molar-refractivity contribution < 1.29 is 15.0 Å². The molecule has 4 aliphatic rings. The van der Waals surface area contributed by atoms with E-state index < -0.39 is 5.97 Å². The fourth-order valence-corrected chi connectivity index (χ4v) is 10.7. The maximum atomic E-state index is 11.7. The zero-order valence-electron chi connectivity index (χ0n) is 27.2. The molecule has 41 heavy (non-hydrogen) atoms. The highest BCUT2D eigenvalue weighted by molar-refractivity contribution is 5.69. The molecule has 0 aliphatic heterocycles. The number of nitrogens with one attached hydrogen (secondary N) is 3. The van der Waals surface area contributed by atoms with Crippen LogP contribution in [0.3, 0.4) is 0 Å². The second-order valence-electron chi connectivity index (χ2n) is 15.5. The van der Waals surface area contributed by atoms with E-state index in [2.05, 4.69) is 36.7 Å². The predicted molar refractivity (Wildman–Crippen MR) is 169 cm³/mol. The van der Waals surface area contributed by atoms with Gasteiger partial charge in [-0.2, -0.15) is 0 Å². The zero-order valence-corrected chi connectivity index (χ0v) is 27.2. The van der Waals surface area contributed by atoms with E-state index in [0.717, 1.165) is 51.9 Å². The summed E-state index contributed by atoms with van der Waals surface area (Å²) in [6, 6.07) is 0.613. The third kappa shape index (κ3) is 7.52. The summed E-state index contributed by atoms with van der Waals surface area (Å²) in [4.78, 5) is 11.3. The first-order valence-corrected chi connectivity index (χ1v) is 17.6.